The molecule has 3 N–H and O–H groups in total. The number of hydrogen-bond donors (Lipinski definition) is 3. The van der Waals surface area contributed by atoms with Crippen LogP contribution in [0.2, 0.25) is 0 Å². The smallest absolute Gasteiger partial charge is 0.247 e. The van der Waals surface area contributed by atoms with Gasteiger partial charge in [0.2, 0.25) is 5.95 Å². The van der Waals surface area contributed by atoms with Crippen LogP contribution in [0.5, 0.6) is 11.5 Å². The molecule has 0 spiro atoms. The summed E-state index contributed by atoms with van der Waals surface area (Å²) < 4.78 is 13.2. The molecular weight excluding hydrogens is 456 g/mol. The predicted molar refractivity (Wildman–Crippen MR) is 139 cm³/mol. The van der Waals surface area contributed by atoms with Crippen LogP contribution in [-0.4, -0.2) is 63.2 Å². The van der Waals surface area contributed by atoms with Crippen LogP contribution >= 0.6 is 0 Å². The number of benzene rings is 2. The lowest BCUT2D eigenvalue weighted by Crippen LogP contribution is -2.43. The number of pyridine rings is 1. The summed E-state index contributed by atoms with van der Waals surface area (Å²) in [6, 6.07) is 19.7. The van der Waals surface area contributed by atoms with Crippen molar-refractivity contribution >= 4 is 23.0 Å². The van der Waals surface area contributed by atoms with Gasteiger partial charge in [-0.3, -0.25) is 4.90 Å². The summed E-state index contributed by atoms with van der Waals surface area (Å²) in [4.78, 5) is 6.96. The second-order valence-corrected chi connectivity index (χ2v) is 9.25. The lowest BCUT2D eigenvalue weighted by molar-refractivity contribution is 0.0921. The van der Waals surface area contributed by atoms with Gasteiger partial charge in [-0.2, -0.15) is 4.98 Å². The van der Waals surface area contributed by atoms with Crippen LogP contribution in [0.1, 0.15) is 19.8 Å². The number of fused-ring (bicyclic) bond motifs is 2. The molecule has 1 saturated heterocycles. The third-order valence-electron chi connectivity index (χ3n) is 6.83. The van der Waals surface area contributed by atoms with Gasteiger partial charge in [-0.05, 0) is 87.5 Å². The number of rotatable bonds is 7. The lowest BCUT2D eigenvalue weighted by Gasteiger charge is -2.29. The predicted octanol–water partition coefficient (Wildman–Crippen LogP) is 4.13. The molecule has 9 heteroatoms. The van der Waals surface area contributed by atoms with Crippen molar-refractivity contribution in [2.45, 2.75) is 32.0 Å². The van der Waals surface area contributed by atoms with Crippen LogP contribution < -0.4 is 20.1 Å². The number of aromatic nitrogens is 3. The summed E-state index contributed by atoms with van der Waals surface area (Å²) in [7, 11) is 0. The van der Waals surface area contributed by atoms with Gasteiger partial charge in [-0.1, -0.05) is 6.07 Å². The fourth-order valence-electron chi connectivity index (χ4n) is 4.80. The van der Waals surface area contributed by atoms with Crippen LogP contribution in [0.25, 0.3) is 16.9 Å². The molecule has 9 nitrogen and oxygen atoms in total. The van der Waals surface area contributed by atoms with Gasteiger partial charge >= 0.3 is 0 Å². The van der Waals surface area contributed by atoms with E-state index in [2.05, 4.69) is 27.4 Å². The molecule has 0 bridgehead atoms. The minimum absolute atomic E-state index is 0.0656. The standard InChI is InChI=1S/C27H30N6O3/c1-18(32-13-2-3-14-32)26(34)28-20-8-10-21(11-9-20)29-27-30-25-6-4-5-22(33(25)31-27)19-7-12-23-24(17-19)36-16-15-35-23/h4-12,17-18,26,28,34H,2-3,13-16H2,1H3,(H,29,31). The molecule has 2 unspecified atom stereocenters. The Morgan fingerprint density at radius 3 is 2.47 bits per heavy atom. The molecule has 0 amide bonds. The van der Waals surface area contributed by atoms with E-state index < -0.39 is 6.23 Å². The lowest BCUT2D eigenvalue weighted by atomic mass is 10.1. The normalized spacial score (nSPS) is 17.2. The van der Waals surface area contributed by atoms with Gasteiger partial charge < -0.3 is 25.2 Å². The fraction of sp³-hybridized carbons (Fsp3) is 0.333. The number of nitrogens with one attached hydrogen (secondary N) is 2. The van der Waals surface area contributed by atoms with Crippen molar-refractivity contribution in [3.8, 4) is 22.8 Å². The maximum absolute atomic E-state index is 10.6. The minimum Gasteiger partial charge on any atom is -0.486 e. The highest BCUT2D eigenvalue weighted by molar-refractivity contribution is 5.68. The van der Waals surface area contributed by atoms with E-state index in [-0.39, 0.29) is 6.04 Å². The Bertz CT molecular complexity index is 1350. The molecule has 4 aromatic rings. The molecule has 2 aliphatic heterocycles. The van der Waals surface area contributed by atoms with E-state index in [0.29, 0.717) is 19.2 Å². The first-order valence-corrected chi connectivity index (χ1v) is 12.5. The molecule has 2 atom stereocenters. The molecular formula is C27H30N6O3. The number of ether oxygens (including phenoxy) is 2. The number of nitrogens with zero attached hydrogens (tertiary/aromatic N) is 4. The molecule has 0 aliphatic carbocycles. The van der Waals surface area contributed by atoms with Gasteiger partial charge in [0.15, 0.2) is 17.1 Å². The maximum Gasteiger partial charge on any atom is 0.247 e. The Kier molecular flexibility index (Phi) is 6.08. The average Bonchev–Trinajstić information content (AvgIpc) is 3.59. The summed E-state index contributed by atoms with van der Waals surface area (Å²) in [5.41, 5.74) is 4.34. The third kappa shape index (κ3) is 4.55. The maximum atomic E-state index is 10.6. The second-order valence-electron chi connectivity index (χ2n) is 9.25. The fourth-order valence-corrected chi connectivity index (χ4v) is 4.80. The zero-order valence-corrected chi connectivity index (χ0v) is 20.2. The summed E-state index contributed by atoms with van der Waals surface area (Å²) in [5, 5.41) is 21.8. The number of hydrogen-bond acceptors (Lipinski definition) is 8. The van der Waals surface area contributed by atoms with E-state index in [1.54, 1.807) is 0 Å². The number of anilines is 3. The van der Waals surface area contributed by atoms with E-state index in [9.17, 15) is 5.11 Å². The molecule has 36 heavy (non-hydrogen) atoms. The molecule has 0 radical (unpaired) electrons. The molecule has 1 fully saturated rings. The molecule has 186 valence electrons. The van der Waals surface area contributed by atoms with Gasteiger partial charge in [0, 0.05) is 16.9 Å². The van der Waals surface area contributed by atoms with Crippen molar-refractivity contribution < 1.29 is 14.6 Å². The highest BCUT2D eigenvalue weighted by Crippen LogP contribution is 2.34. The van der Waals surface area contributed by atoms with Gasteiger partial charge in [-0.25, -0.2) is 4.52 Å². The molecule has 6 rings (SSSR count). The topological polar surface area (TPSA) is 96.2 Å². The molecule has 0 saturated carbocycles. The minimum atomic E-state index is -0.624. The van der Waals surface area contributed by atoms with Crippen molar-refractivity contribution in [1.29, 1.82) is 0 Å². The Morgan fingerprint density at radius 2 is 1.67 bits per heavy atom. The zero-order chi connectivity index (χ0) is 24.5. The van der Waals surface area contributed by atoms with Crippen LogP contribution in [0.4, 0.5) is 17.3 Å². The zero-order valence-electron chi connectivity index (χ0n) is 20.2. The van der Waals surface area contributed by atoms with Gasteiger partial charge in [0.1, 0.15) is 19.4 Å². The number of aliphatic hydroxyl groups excluding tert-OH is 1. The Morgan fingerprint density at radius 1 is 0.917 bits per heavy atom. The first kappa shape index (κ1) is 22.6. The van der Waals surface area contributed by atoms with Gasteiger partial charge in [0.05, 0.1) is 11.7 Å². The number of likely N-dealkylation sites (tertiary alicyclic amines) is 1. The monoisotopic (exact) mass is 486 g/mol. The number of aliphatic hydroxyl groups is 1. The summed E-state index contributed by atoms with van der Waals surface area (Å²) in [6.45, 7) is 5.27. The van der Waals surface area contributed by atoms with Crippen molar-refractivity contribution in [3.63, 3.8) is 0 Å². The third-order valence-corrected chi connectivity index (χ3v) is 6.83. The average molecular weight is 487 g/mol. The van der Waals surface area contributed by atoms with Gasteiger partial charge in [0.25, 0.3) is 0 Å². The van der Waals surface area contributed by atoms with Crippen LogP contribution in [-0.2, 0) is 0 Å². The Balaban J connectivity index is 1.17. The first-order valence-electron chi connectivity index (χ1n) is 12.5. The van der Waals surface area contributed by atoms with Crippen molar-refractivity contribution in [3.05, 3.63) is 60.7 Å². The van der Waals surface area contributed by atoms with E-state index >= 15 is 0 Å². The van der Waals surface area contributed by atoms with E-state index in [1.165, 1.54) is 12.8 Å². The first-order chi connectivity index (χ1) is 17.6. The largest absolute Gasteiger partial charge is 0.486 e. The van der Waals surface area contributed by atoms with E-state index in [0.717, 1.165) is 52.9 Å². The van der Waals surface area contributed by atoms with Crippen LogP contribution in [0, 0.1) is 0 Å². The van der Waals surface area contributed by atoms with Gasteiger partial charge in [-0.15, -0.1) is 5.10 Å². The molecule has 2 aliphatic rings. The van der Waals surface area contributed by atoms with E-state index in [4.69, 9.17) is 14.6 Å². The Hall–Kier alpha value is -3.82. The van der Waals surface area contributed by atoms with Crippen molar-refractivity contribution in [2.75, 3.05) is 36.9 Å². The SMILES string of the molecule is CC(C(O)Nc1ccc(Nc2nc3cccc(-c4ccc5c(c4)OCCO5)n3n2)cc1)N1CCCC1. The van der Waals surface area contributed by atoms with E-state index in [1.807, 2.05) is 65.2 Å². The summed E-state index contributed by atoms with van der Waals surface area (Å²) >= 11 is 0. The van der Waals surface area contributed by atoms with Crippen LogP contribution in [0.3, 0.4) is 0 Å². The molecule has 2 aromatic heterocycles. The quantitative estimate of drug-likeness (QED) is 0.336. The highest BCUT2D eigenvalue weighted by Gasteiger charge is 2.24. The highest BCUT2D eigenvalue weighted by atomic mass is 16.6. The van der Waals surface area contributed by atoms with Crippen molar-refractivity contribution in [2.24, 2.45) is 0 Å². The molecule has 4 heterocycles. The van der Waals surface area contributed by atoms with Crippen molar-refractivity contribution in [1.82, 2.24) is 19.5 Å². The molecule has 2 aromatic carbocycles. The summed E-state index contributed by atoms with van der Waals surface area (Å²) in [6.07, 6.45) is 1.78. The Labute approximate surface area is 209 Å². The van der Waals surface area contributed by atoms with Crippen LogP contribution in [0.15, 0.2) is 60.7 Å². The second kappa shape index (κ2) is 9.67. The summed E-state index contributed by atoms with van der Waals surface area (Å²) in [5.74, 6) is 2.00.